The molecule has 0 atom stereocenters. The van der Waals surface area contributed by atoms with Crippen molar-refractivity contribution in [3.05, 3.63) is 68.5 Å². The van der Waals surface area contributed by atoms with Crippen LogP contribution in [0.15, 0.2) is 36.4 Å². The van der Waals surface area contributed by atoms with Gasteiger partial charge >= 0.3 is 0 Å². The molecular weight excluding hydrogens is 299 g/mol. The first-order valence-electron chi connectivity index (χ1n) is 5.77. The topological polar surface area (TPSA) is 76.2 Å². The van der Waals surface area contributed by atoms with Gasteiger partial charge in [0.05, 0.1) is 10.5 Å². The van der Waals surface area contributed by atoms with Crippen molar-refractivity contribution < 1.29 is 14.1 Å². The van der Waals surface area contributed by atoms with Crippen molar-refractivity contribution in [2.24, 2.45) is 0 Å². The van der Waals surface area contributed by atoms with Gasteiger partial charge in [-0.2, -0.15) is 5.26 Å². The van der Waals surface area contributed by atoms with Gasteiger partial charge in [-0.25, -0.2) is 4.39 Å². The highest BCUT2D eigenvalue weighted by molar-refractivity contribution is 6.32. The van der Waals surface area contributed by atoms with Crippen molar-refractivity contribution in [3.8, 4) is 11.8 Å². The van der Waals surface area contributed by atoms with Crippen LogP contribution in [0, 0.1) is 27.3 Å². The third-order valence-corrected chi connectivity index (χ3v) is 3.01. The first kappa shape index (κ1) is 14.8. The Bertz CT molecular complexity index is 743. The molecule has 0 unspecified atom stereocenters. The second-order valence-electron chi connectivity index (χ2n) is 4.05. The molecule has 0 aromatic heterocycles. The summed E-state index contributed by atoms with van der Waals surface area (Å²) in [5.41, 5.74) is -0.0944. The SMILES string of the molecule is N#Cc1cccc(COc2ccc([N+](=O)[O-])c(Cl)c2)c1F. The van der Waals surface area contributed by atoms with Gasteiger partial charge in [-0.05, 0) is 12.1 Å². The first-order valence-corrected chi connectivity index (χ1v) is 6.15. The Balaban J connectivity index is 2.16. The number of hydrogen-bond donors (Lipinski definition) is 0. The van der Waals surface area contributed by atoms with Gasteiger partial charge in [0, 0.05) is 17.7 Å². The van der Waals surface area contributed by atoms with Crippen molar-refractivity contribution >= 4 is 17.3 Å². The maximum atomic E-state index is 13.8. The predicted octanol–water partition coefficient (Wildman–Crippen LogP) is 3.84. The molecule has 0 saturated heterocycles. The van der Waals surface area contributed by atoms with Crippen LogP contribution in [0.25, 0.3) is 0 Å². The zero-order valence-electron chi connectivity index (χ0n) is 10.5. The second-order valence-corrected chi connectivity index (χ2v) is 4.46. The van der Waals surface area contributed by atoms with Crippen LogP contribution in [-0.4, -0.2) is 4.92 Å². The highest BCUT2D eigenvalue weighted by Gasteiger charge is 2.13. The summed E-state index contributed by atoms with van der Waals surface area (Å²) in [6.07, 6.45) is 0. The fraction of sp³-hybridized carbons (Fsp3) is 0.0714. The Labute approximate surface area is 124 Å². The smallest absolute Gasteiger partial charge is 0.288 e. The normalized spacial score (nSPS) is 9.95. The van der Waals surface area contributed by atoms with Gasteiger partial charge in [0.2, 0.25) is 0 Å². The third-order valence-electron chi connectivity index (χ3n) is 2.71. The van der Waals surface area contributed by atoms with E-state index in [0.29, 0.717) is 0 Å². The summed E-state index contributed by atoms with van der Waals surface area (Å²) in [6.45, 7) is -0.116. The van der Waals surface area contributed by atoms with Crippen LogP contribution in [0.4, 0.5) is 10.1 Å². The number of halogens is 2. The van der Waals surface area contributed by atoms with E-state index in [4.69, 9.17) is 21.6 Å². The monoisotopic (exact) mass is 306 g/mol. The second kappa shape index (κ2) is 6.20. The number of hydrogen-bond acceptors (Lipinski definition) is 4. The molecule has 0 heterocycles. The summed E-state index contributed by atoms with van der Waals surface area (Å²) >= 11 is 5.75. The molecule has 0 bridgehead atoms. The van der Waals surface area contributed by atoms with Gasteiger partial charge in [-0.1, -0.05) is 23.7 Å². The lowest BCUT2D eigenvalue weighted by Gasteiger charge is -2.08. The molecule has 5 nitrogen and oxygen atoms in total. The number of nitro groups is 1. The van der Waals surface area contributed by atoms with E-state index in [1.54, 1.807) is 12.1 Å². The minimum Gasteiger partial charge on any atom is -0.489 e. The lowest BCUT2D eigenvalue weighted by atomic mass is 10.1. The molecule has 0 radical (unpaired) electrons. The highest BCUT2D eigenvalue weighted by atomic mass is 35.5. The lowest BCUT2D eigenvalue weighted by molar-refractivity contribution is -0.384. The van der Waals surface area contributed by atoms with E-state index in [-0.39, 0.29) is 34.2 Å². The van der Waals surface area contributed by atoms with E-state index in [2.05, 4.69) is 0 Å². The zero-order chi connectivity index (χ0) is 15.4. The number of ether oxygens (including phenoxy) is 1. The summed E-state index contributed by atoms with van der Waals surface area (Å²) in [5.74, 6) is -0.375. The maximum absolute atomic E-state index is 13.8. The molecule has 0 saturated carbocycles. The third kappa shape index (κ3) is 3.27. The number of nitriles is 1. The van der Waals surface area contributed by atoms with Crippen molar-refractivity contribution in [2.45, 2.75) is 6.61 Å². The van der Waals surface area contributed by atoms with Crippen LogP contribution in [0.5, 0.6) is 5.75 Å². The van der Waals surface area contributed by atoms with Crippen LogP contribution < -0.4 is 4.74 Å². The van der Waals surface area contributed by atoms with Crippen LogP contribution in [0.2, 0.25) is 5.02 Å². The van der Waals surface area contributed by atoms with E-state index in [0.717, 1.165) is 0 Å². The zero-order valence-corrected chi connectivity index (χ0v) is 11.3. The quantitative estimate of drug-likeness (QED) is 0.635. The maximum Gasteiger partial charge on any atom is 0.288 e. The molecule has 7 heteroatoms. The molecule has 0 amide bonds. The molecule has 2 rings (SSSR count). The molecule has 106 valence electrons. The largest absolute Gasteiger partial charge is 0.489 e. The Morgan fingerprint density at radius 3 is 2.76 bits per heavy atom. The summed E-state index contributed by atoms with van der Waals surface area (Å²) in [5, 5.41) is 19.3. The van der Waals surface area contributed by atoms with Crippen molar-refractivity contribution in [1.82, 2.24) is 0 Å². The average Bonchev–Trinajstić information content (AvgIpc) is 2.46. The molecule has 0 aliphatic heterocycles. The number of nitro benzene ring substituents is 1. The summed E-state index contributed by atoms with van der Waals surface area (Å²) in [7, 11) is 0. The van der Waals surface area contributed by atoms with Gasteiger partial charge < -0.3 is 4.74 Å². The first-order chi connectivity index (χ1) is 10.0. The minimum atomic E-state index is -0.645. The van der Waals surface area contributed by atoms with E-state index in [1.807, 2.05) is 0 Å². The van der Waals surface area contributed by atoms with Gasteiger partial charge in [0.15, 0.2) is 0 Å². The summed E-state index contributed by atoms with van der Waals surface area (Å²) in [4.78, 5) is 10.0. The van der Waals surface area contributed by atoms with Gasteiger partial charge in [-0.15, -0.1) is 0 Å². The van der Waals surface area contributed by atoms with Gasteiger partial charge in [-0.3, -0.25) is 10.1 Å². The van der Waals surface area contributed by atoms with Crippen molar-refractivity contribution in [1.29, 1.82) is 5.26 Å². The average molecular weight is 307 g/mol. The highest BCUT2D eigenvalue weighted by Crippen LogP contribution is 2.28. The number of rotatable bonds is 4. The minimum absolute atomic E-state index is 0.0660. The number of benzene rings is 2. The molecule has 0 aliphatic rings. The molecular formula is C14H8ClFN2O3. The van der Waals surface area contributed by atoms with Crippen LogP contribution in [-0.2, 0) is 6.61 Å². The van der Waals surface area contributed by atoms with E-state index in [1.165, 1.54) is 30.3 Å². The van der Waals surface area contributed by atoms with Crippen LogP contribution in [0.3, 0.4) is 0 Å². The number of nitrogens with zero attached hydrogens (tertiary/aromatic N) is 2. The standard InChI is InChI=1S/C14H8ClFN2O3/c15-12-6-11(4-5-13(12)18(19)20)21-8-10-3-1-2-9(7-17)14(10)16/h1-6H,8H2. The van der Waals surface area contributed by atoms with Crippen LogP contribution >= 0.6 is 11.6 Å². The Hall–Kier alpha value is -2.65. The van der Waals surface area contributed by atoms with Gasteiger partial charge in [0.1, 0.15) is 29.3 Å². The Morgan fingerprint density at radius 1 is 1.38 bits per heavy atom. The molecule has 2 aromatic rings. The van der Waals surface area contributed by atoms with E-state index >= 15 is 0 Å². The molecule has 0 aliphatic carbocycles. The lowest BCUT2D eigenvalue weighted by Crippen LogP contribution is -2.00. The molecule has 21 heavy (non-hydrogen) atoms. The summed E-state index contributed by atoms with van der Waals surface area (Å²) < 4.78 is 19.1. The van der Waals surface area contributed by atoms with Crippen molar-refractivity contribution in [2.75, 3.05) is 0 Å². The fourth-order valence-corrected chi connectivity index (χ4v) is 1.90. The fourth-order valence-electron chi connectivity index (χ4n) is 1.66. The molecule has 0 spiro atoms. The molecule has 2 aromatic carbocycles. The summed E-state index contributed by atoms with van der Waals surface area (Å²) in [6, 6.07) is 10.00. The van der Waals surface area contributed by atoms with Gasteiger partial charge in [0.25, 0.3) is 5.69 Å². The molecule has 0 fully saturated rings. The van der Waals surface area contributed by atoms with Crippen LogP contribution in [0.1, 0.15) is 11.1 Å². The van der Waals surface area contributed by atoms with E-state index < -0.39 is 10.7 Å². The Morgan fingerprint density at radius 2 is 2.14 bits per heavy atom. The Kier molecular flexibility index (Phi) is 4.36. The predicted molar refractivity (Wildman–Crippen MR) is 73.6 cm³/mol. The van der Waals surface area contributed by atoms with Crippen molar-refractivity contribution in [3.63, 3.8) is 0 Å². The molecule has 0 N–H and O–H groups in total. The van der Waals surface area contributed by atoms with E-state index in [9.17, 15) is 14.5 Å².